The third kappa shape index (κ3) is 7.62. The maximum atomic E-state index is 9.42. The molecule has 3 heteroatoms. The van der Waals surface area contributed by atoms with Crippen molar-refractivity contribution in [2.45, 2.75) is 90.8 Å². The van der Waals surface area contributed by atoms with Crippen molar-refractivity contribution >= 4 is 0 Å². The Morgan fingerprint density at radius 1 is 0.857 bits per heavy atom. The first-order valence-electron chi connectivity index (χ1n) is 9.10. The van der Waals surface area contributed by atoms with Gasteiger partial charge in [0.2, 0.25) is 0 Å². The highest BCUT2D eigenvalue weighted by molar-refractivity contribution is 4.79. The second kappa shape index (κ2) is 11.4. The Bertz CT molecular complexity index is 229. The van der Waals surface area contributed by atoms with Gasteiger partial charge in [-0.05, 0) is 19.3 Å². The molecule has 0 saturated carbocycles. The molecular formula is C18H36O3. The molecule has 1 fully saturated rings. The Labute approximate surface area is 131 Å². The standard InChI is InChI=1S/C18H36O3/c1-3-5-6-7-8-9-10-11-12-13-17-20-15-18(4-2,14-19)16-21-17/h17,19H,3-16H2,1-2H3. The summed E-state index contributed by atoms with van der Waals surface area (Å²) in [6, 6.07) is 0. The van der Waals surface area contributed by atoms with E-state index in [-0.39, 0.29) is 18.3 Å². The molecule has 0 unspecified atom stereocenters. The number of hydrogen-bond donors (Lipinski definition) is 1. The highest BCUT2D eigenvalue weighted by atomic mass is 16.7. The van der Waals surface area contributed by atoms with E-state index in [0.29, 0.717) is 13.2 Å². The van der Waals surface area contributed by atoms with Crippen molar-refractivity contribution in [2.75, 3.05) is 19.8 Å². The molecule has 0 radical (unpaired) electrons. The smallest absolute Gasteiger partial charge is 0.157 e. The zero-order valence-corrected chi connectivity index (χ0v) is 14.2. The first kappa shape index (κ1) is 18.9. The number of hydrogen-bond acceptors (Lipinski definition) is 3. The summed E-state index contributed by atoms with van der Waals surface area (Å²) < 4.78 is 11.5. The van der Waals surface area contributed by atoms with Crippen LogP contribution < -0.4 is 0 Å². The minimum absolute atomic E-state index is 0.0409. The minimum Gasteiger partial charge on any atom is -0.396 e. The summed E-state index contributed by atoms with van der Waals surface area (Å²) in [5, 5.41) is 9.42. The van der Waals surface area contributed by atoms with Crippen molar-refractivity contribution in [1.82, 2.24) is 0 Å². The Kier molecular flexibility index (Phi) is 10.3. The van der Waals surface area contributed by atoms with Crippen molar-refractivity contribution in [3.8, 4) is 0 Å². The van der Waals surface area contributed by atoms with Gasteiger partial charge in [-0.25, -0.2) is 0 Å². The molecule has 1 rings (SSSR count). The quantitative estimate of drug-likeness (QED) is 0.532. The summed E-state index contributed by atoms with van der Waals surface area (Å²) in [5.41, 5.74) is -0.158. The molecule has 0 aromatic carbocycles. The second-order valence-electron chi connectivity index (χ2n) is 6.68. The molecule has 0 spiro atoms. The summed E-state index contributed by atoms with van der Waals surface area (Å²) in [6.45, 7) is 5.79. The lowest BCUT2D eigenvalue weighted by Crippen LogP contribution is -2.43. The van der Waals surface area contributed by atoms with Gasteiger partial charge in [0.05, 0.1) is 19.8 Å². The fraction of sp³-hybridized carbons (Fsp3) is 1.00. The lowest BCUT2D eigenvalue weighted by Gasteiger charge is -2.38. The number of unbranched alkanes of at least 4 members (excludes halogenated alkanes) is 8. The minimum atomic E-state index is -0.158. The van der Waals surface area contributed by atoms with Crippen LogP contribution in [0.2, 0.25) is 0 Å². The molecule has 1 aliphatic heterocycles. The van der Waals surface area contributed by atoms with Crippen LogP contribution in [0.15, 0.2) is 0 Å². The topological polar surface area (TPSA) is 38.7 Å². The molecule has 126 valence electrons. The van der Waals surface area contributed by atoms with Gasteiger partial charge >= 0.3 is 0 Å². The van der Waals surface area contributed by atoms with Crippen LogP contribution in [-0.4, -0.2) is 31.2 Å². The van der Waals surface area contributed by atoms with E-state index < -0.39 is 0 Å². The van der Waals surface area contributed by atoms with Crippen LogP contribution in [0.1, 0.15) is 84.5 Å². The van der Waals surface area contributed by atoms with Gasteiger partial charge in [-0.3, -0.25) is 0 Å². The fourth-order valence-corrected chi connectivity index (χ4v) is 2.82. The van der Waals surface area contributed by atoms with Gasteiger partial charge < -0.3 is 14.6 Å². The van der Waals surface area contributed by atoms with E-state index >= 15 is 0 Å². The Balaban J connectivity index is 1.93. The monoisotopic (exact) mass is 300 g/mol. The molecule has 0 aromatic rings. The van der Waals surface area contributed by atoms with Gasteiger partial charge in [-0.2, -0.15) is 0 Å². The zero-order chi connectivity index (χ0) is 15.4. The third-order valence-electron chi connectivity index (χ3n) is 4.78. The average Bonchev–Trinajstić information content (AvgIpc) is 2.54. The van der Waals surface area contributed by atoms with Crippen LogP contribution in [0.4, 0.5) is 0 Å². The van der Waals surface area contributed by atoms with Crippen LogP contribution in [0.3, 0.4) is 0 Å². The highest BCUT2D eigenvalue weighted by Crippen LogP contribution is 2.29. The van der Waals surface area contributed by atoms with Gasteiger partial charge in [0.1, 0.15) is 0 Å². The van der Waals surface area contributed by atoms with Crippen LogP contribution in [0, 0.1) is 5.41 Å². The van der Waals surface area contributed by atoms with E-state index in [4.69, 9.17) is 9.47 Å². The lowest BCUT2D eigenvalue weighted by molar-refractivity contribution is -0.239. The Morgan fingerprint density at radius 2 is 1.38 bits per heavy atom. The van der Waals surface area contributed by atoms with Crippen molar-refractivity contribution in [3.63, 3.8) is 0 Å². The van der Waals surface area contributed by atoms with Crippen molar-refractivity contribution in [3.05, 3.63) is 0 Å². The maximum Gasteiger partial charge on any atom is 0.157 e. The van der Waals surface area contributed by atoms with E-state index in [9.17, 15) is 5.11 Å². The van der Waals surface area contributed by atoms with Gasteiger partial charge in [0.15, 0.2) is 6.29 Å². The molecule has 1 saturated heterocycles. The number of aliphatic hydroxyl groups is 1. The molecular weight excluding hydrogens is 264 g/mol. The SMILES string of the molecule is CCCCCCCCCCCC1OCC(CC)(CO)CO1. The summed E-state index contributed by atoms with van der Waals surface area (Å²) in [7, 11) is 0. The molecule has 1 N–H and O–H groups in total. The van der Waals surface area contributed by atoms with Crippen molar-refractivity contribution in [2.24, 2.45) is 5.41 Å². The molecule has 0 bridgehead atoms. The zero-order valence-electron chi connectivity index (χ0n) is 14.2. The van der Waals surface area contributed by atoms with E-state index in [1.54, 1.807) is 0 Å². The Hall–Kier alpha value is -0.120. The molecule has 0 amide bonds. The number of aliphatic hydroxyl groups excluding tert-OH is 1. The van der Waals surface area contributed by atoms with Crippen LogP contribution in [0.5, 0.6) is 0 Å². The molecule has 0 aromatic heterocycles. The molecule has 0 atom stereocenters. The van der Waals surface area contributed by atoms with Crippen LogP contribution in [-0.2, 0) is 9.47 Å². The summed E-state index contributed by atoms with van der Waals surface area (Å²) >= 11 is 0. The van der Waals surface area contributed by atoms with Crippen LogP contribution >= 0.6 is 0 Å². The lowest BCUT2D eigenvalue weighted by atomic mass is 9.87. The molecule has 3 nitrogen and oxygen atoms in total. The van der Waals surface area contributed by atoms with Gasteiger partial charge in [-0.1, -0.05) is 65.2 Å². The van der Waals surface area contributed by atoms with E-state index in [0.717, 1.165) is 12.8 Å². The number of rotatable bonds is 12. The largest absolute Gasteiger partial charge is 0.396 e. The van der Waals surface area contributed by atoms with E-state index in [1.807, 2.05) is 0 Å². The first-order valence-corrected chi connectivity index (χ1v) is 9.10. The second-order valence-corrected chi connectivity index (χ2v) is 6.68. The summed E-state index contributed by atoms with van der Waals surface area (Å²) in [5.74, 6) is 0. The van der Waals surface area contributed by atoms with E-state index in [1.165, 1.54) is 57.8 Å². The van der Waals surface area contributed by atoms with Crippen LogP contribution in [0.25, 0.3) is 0 Å². The molecule has 1 heterocycles. The molecule has 0 aliphatic carbocycles. The molecule has 21 heavy (non-hydrogen) atoms. The maximum absolute atomic E-state index is 9.42. The van der Waals surface area contributed by atoms with Crippen molar-refractivity contribution in [1.29, 1.82) is 0 Å². The number of ether oxygens (including phenoxy) is 2. The fourth-order valence-electron chi connectivity index (χ4n) is 2.82. The predicted octanol–water partition coefficient (Wildman–Crippen LogP) is 4.67. The van der Waals surface area contributed by atoms with Gasteiger partial charge in [0.25, 0.3) is 0 Å². The highest BCUT2D eigenvalue weighted by Gasteiger charge is 2.34. The van der Waals surface area contributed by atoms with E-state index in [2.05, 4.69) is 13.8 Å². The van der Waals surface area contributed by atoms with Gasteiger partial charge in [-0.15, -0.1) is 0 Å². The van der Waals surface area contributed by atoms with Crippen molar-refractivity contribution < 1.29 is 14.6 Å². The third-order valence-corrected chi connectivity index (χ3v) is 4.78. The molecule has 1 aliphatic rings. The average molecular weight is 300 g/mol. The Morgan fingerprint density at radius 3 is 1.86 bits per heavy atom. The van der Waals surface area contributed by atoms with Gasteiger partial charge in [0, 0.05) is 5.41 Å². The summed E-state index contributed by atoms with van der Waals surface area (Å²) in [6.07, 6.45) is 14.0. The summed E-state index contributed by atoms with van der Waals surface area (Å²) in [4.78, 5) is 0. The first-order chi connectivity index (χ1) is 10.3. The predicted molar refractivity (Wildman–Crippen MR) is 87.3 cm³/mol. The normalized spacial score (nSPS) is 26.1.